The monoisotopic (exact) mass is 388 g/mol. The quantitative estimate of drug-likeness (QED) is 0.543. The van der Waals surface area contributed by atoms with E-state index < -0.39 is 0 Å². The summed E-state index contributed by atoms with van der Waals surface area (Å²) in [6.45, 7) is 0.909. The fraction of sp³-hybridized carbons (Fsp3) is 0.227. The van der Waals surface area contributed by atoms with Gasteiger partial charge in [-0.15, -0.1) is 11.3 Å². The number of carbonyl (C=O) groups excluding carboxylic acids is 1. The predicted molar refractivity (Wildman–Crippen MR) is 111 cm³/mol. The number of para-hydroxylation sites is 2. The van der Waals surface area contributed by atoms with Gasteiger partial charge in [-0.05, 0) is 30.5 Å². The van der Waals surface area contributed by atoms with Gasteiger partial charge in [0.15, 0.2) is 5.82 Å². The van der Waals surface area contributed by atoms with Crippen molar-refractivity contribution in [3.63, 3.8) is 0 Å². The number of nitrogens with zero attached hydrogens (tertiary/aromatic N) is 3. The van der Waals surface area contributed by atoms with Crippen LogP contribution in [-0.4, -0.2) is 27.0 Å². The summed E-state index contributed by atoms with van der Waals surface area (Å²) in [7, 11) is 0. The SMILES string of the molecule is O=C(Cn1c(-c2cscn2)nc2ccccc21)NCC1(c2ccccc2)CC1. The lowest BCUT2D eigenvalue weighted by Crippen LogP contribution is -2.34. The van der Waals surface area contributed by atoms with Crippen LogP contribution in [0.1, 0.15) is 18.4 Å². The first-order valence-corrected chi connectivity index (χ1v) is 10.4. The highest BCUT2D eigenvalue weighted by atomic mass is 32.1. The number of nitrogens with one attached hydrogen (secondary N) is 1. The number of thiazole rings is 1. The zero-order valence-corrected chi connectivity index (χ0v) is 16.2. The maximum absolute atomic E-state index is 12.8. The summed E-state index contributed by atoms with van der Waals surface area (Å²) < 4.78 is 1.96. The molecule has 2 aromatic carbocycles. The highest BCUT2D eigenvalue weighted by molar-refractivity contribution is 7.07. The van der Waals surface area contributed by atoms with Gasteiger partial charge in [-0.2, -0.15) is 0 Å². The molecule has 4 aromatic rings. The summed E-state index contributed by atoms with van der Waals surface area (Å²) in [6, 6.07) is 18.4. The Bertz CT molecular complexity index is 1110. The number of aromatic nitrogens is 3. The van der Waals surface area contributed by atoms with Crippen LogP contribution in [0.3, 0.4) is 0 Å². The van der Waals surface area contributed by atoms with Crippen LogP contribution in [0.4, 0.5) is 0 Å². The maximum atomic E-state index is 12.8. The van der Waals surface area contributed by atoms with E-state index in [4.69, 9.17) is 4.98 Å². The molecule has 1 N–H and O–H groups in total. The third kappa shape index (κ3) is 3.10. The van der Waals surface area contributed by atoms with Gasteiger partial charge >= 0.3 is 0 Å². The molecule has 0 radical (unpaired) electrons. The van der Waals surface area contributed by atoms with Crippen LogP contribution in [-0.2, 0) is 16.8 Å². The second-order valence-electron chi connectivity index (χ2n) is 7.31. The molecule has 0 saturated heterocycles. The van der Waals surface area contributed by atoms with E-state index in [1.165, 1.54) is 16.9 Å². The minimum absolute atomic E-state index is 0.00170. The van der Waals surface area contributed by atoms with E-state index in [0.717, 1.165) is 35.4 Å². The Labute approximate surface area is 167 Å². The molecule has 140 valence electrons. The topological polar surface area (TPSA) is 59.8 Å². The predicted octanol–water partition coefficient (Wildman–Crippen LogP) is 4.01. The summed E-state index contributed by atoms with van der Waals surface area (Å²) >= 11 is 1.53. The van der Waals surface area contributed by atoms with Crippen LogP contribution in [0, 0.1) is 0 Å². The Morgan fingerprint density at radius 2 is 1.89 bits per heavy atom. The fourth-order valence-corrected chi connectivity index (χ4v) is 4.26. The van der Waals surface area contributed by atoms with E-state index in [9.17, 15) is 4.79 Å². The van der Waals surface area contributed by atoms with E-state index in [1.54, 1.807) is 5.51 Å². The average molecular weight is 388 g/mol. The third-order valence-electron chi connectivity index (χ3n) is 5.48. The molecule has 28 heavy (non-hydrogen) atoms. The lowest BCUT2D eigenvalue weighted by molar-refractivity contribution is -0.121. The molecule has 1 amide bonds. The first-order chi connectivity index (χ1) is 13.8. The zero-order valence-electron chi connectivity index (χ0n) is 15.3. The lowest BCUT2D eigenvalue weighted by atomic mass is 9.96. The van der Waals surface area contributed by atoms with Gasteiger partial charge in [0.05, 0.1) is 16.5 Å². The van der Waals surface area contributed by atoms with Crippen molar-refractivity contribution in [1.82, 2.24) is 19.9 Å². The minimum atomic E-state index is 0.00170. The second kappa shape index (κ2) is 6.87. The molecule has 0 bridgehead atoms. The fourth-order valence-electron chi connectivity index (χ4n) is 3.73. The van der Waals surface area contributed by atoms with Crippen LogP contribution in [0.25, 0.3) is 22.6 Å². The summed E-state index contributed by atoms with van der Waals surface area (Å²) in [5.41, 5.74) is 5.83. The molecule has 1 aliphatic rings. The molecular weight excluding hydrogens is 368 g/mol. The molecule has 5 nitrogen and oxygen atoms in total. The summed E-state index contributed by atoms with van der Waals surface area (Å²) in [5, 5.41) is 5.12. The van der Waals surface area contributed by atoms with Gasteiger partial charge in [0.2, 0.25) is 5.91 Å². The van der Waals surface area contributed by atoms with Gasteiger partial charge in [-0.1, -0.05) is 42.5 Å². The molecule has 0 spiro atoms. The van der Waals surface area contributed by atoms with E-state index in [0.29, 0.717) is 6.54 Å². The number of hydrogen-bond acceptors (Lipinski definition) is 4. The first kappa shape index (κ1) is 17.1. The number of rotatable bonds is 6. The molecule has 2 heterocycles. The van der Waals surface area contributed by atoms with Gasteiger partial charge in [0, 0.05) is 17.3 Å². The molecule has 2 aromatic heterocycles. The summed E-state index contributed by atoms with van der Waals surface area (Å²) in [5.74, 6) is 0.739. The molecule has 1 saturated carbocycles. The zero-order chi connectivity index (χ0) is 19.0. The van der Waals surface area contributed by atoms with Crippen molar-refractivity contribution in [3.05, 3.63) is 71.1 Å². The molecular formula is C22H20N4OS. The van der Waals surface area contributed by atoms with Crippen molar-refractivity contribution in [3.8, 4) is 11.5 Å². The molecule has 5 rings (SSSR count). The average Bonchev–Trinajstić information content (AvgIpc) is 3.17. The molecule has 1 fully saturated rings. The Hall–Kier alpha value is -2.99. The van der Waals surface area contributed by atoms with Crippen molar-refractivity contribution in [2.75, 3.05) is 6.54 Å². The van der Waals surface area contributed by atoms with Crippen molar-refractivity contribution < 1.29 is 4.79 Å². The van der Waals surface area contributed by atoms with E-state index in [-0.39, 0.29) is 17.9 Å². The number of fused-ring (bicyclic) bond motifs is 1. The number of benzene rings is 2. The Morgan fingerprint density at radius 3 is 2.64 bits per heavy atom. The van der Waals surface area contributed by atoms with Gasteiger partial charge in [-0.25, -0.2) is 9.97 Å². The van der Waals surface area contributed by atoms with E-state index in [1.807, 2.05) is 40.3 Å². The van der Waals surface area contributed by atoms with Crippen molar-refractivity contribution >= 4 is 28.3 Å². The van der Waals surface area contributed by atoms with Gasteiger partial charge < -0.3 is 9.88 Å². The molecule has 0 unspecified atom stereocenters. The third-order valence-corrected chi connectivity index (χ3v) is 6.07. The highest BCUT2D eigenvalue weighted by Crippen LogP contribution is 2.47. The smallest absolute Gasteiger partial charge is 0.240 e. The van der Waals surface area contributed by atoms with Crippen molar-refractivity contribution in [2.45, 2.75) is 24.8 Å². The molecule has 0 aliphatic heterocycles. The van der Waals surface area contributed by atoms with E-state index in [2.05, 4.69) is 34.6 Å². The maximum Gasteiger partial charge on any atom is 0.240 e. The number of amides is 1. The van der Waals surface area contributed by atoms with Crippen LogP contribution in [0.2, 0.25) is 0 Å². The highest BCUT2D eigenvalue weighted by Gasteiger charge is 2.44. The Balaban J connectivity index is 1.37. The minimum Gasteiger partial charge on any atom is -0.354 e. The number of carbonyl (C=O) groups is 1. The lowest BCUT2D eigenvalue weighted by Gasteiger charge is -2.17. The van der Waals surface area contributed by atoms with Gasteiger partial charge in [0.1, 0.15) is 12.2 Å². The summed E-state index contributed by atoms with van der Waals surface area (Å²) in [4.78, 5) is 21.9. The van der Waals surface area contributed by atoms with Crippen LogP contribution < -0.4 is 5.32 Å². The summed E-state index contributed by atoms with van der Waals surface area (Å²) in [6.07, 6.45) is 2.24. The Kier molecular flexibility index (Phi) is 4.20. The van der Waals surface area contributed by atoms with Gasteiger partial charge in [0.25, 0.3) is 0 Å². The first-order valence-electron chi connectivity index (χ1n) is 9.41. The van der Waals surface area contributed by atoms with Crippen LogP contribution >= 0.6 is 11.3 Å². The Morgan fingerprint density at radius 1 is 1.11 bits per heavy atom. The largest absolute Gasteiger partial charge is 0.354 e. The van der Waals surface area contributed by atoms with Crippen molar-refractivity contribution in [1.29, 1.82) is 0 Å². The normalized spacial score (nSPS) is 14.9. The molecule has 6 heteroatoms. The van der Waals surface area contributed by atoms with Crippen LogP contribution in [0.15, 0.2) is 65.5 Å². The van der Waals surface area contributed by atoms with Crippen LogP contribution in [0.5, 0.6) is 0 Å². The second-order valence-corrected chi connectivity index (χ2v) is 8.03. The van der Waals surface area contributed by atoms with E-state index >= 15 is 0 Å². The number of hydrogen-bond donors (Lipinski definition) is 1. The number of imidazole rings is 1. The molecule has 0 atom stereocenters. The standard InChI is InChI=1S/C22H20N4OS/c27-20(23-14-22(10-11-22)16-6-2-1-3-7-16)12-26-19-9-5-4-8-17(19)25-21(26)18-13-28-15-24-18/h1-9,13,15H,10-12,14H2,(H,23,27). The van der Waals surface area contributed by atoms with Crippen molar-refractivity contribution in [2.24, 2.45) is 0 Å². The molecule has 1 aliphatic carbocycles. The van der Waals surface area contributed by atoms with Gasteiger partial charge in [-0.3, -0.25) is 4.79 Å².